The number of rotatable bonds is 7. The summed E-state index contributed by atoms with van der Waals surface area (Å²) < 4.78 is 11.2. The molecule has 0 N–H and O–H groups in total. The van der Waals surface area contributed by atoms with Crippen LogP contribution in [0.25, 0.3) is 0 Å². The lowest BCUT2D eigenvalue weighted by molar-refractivity contribution is 0.0336. The first-order valence-corrected chi connectivity index (χ1v) is 9.00. The van der Waals surface area contributed by atoms with Crippen LogP contribution in [0.15, 0.2) is 18.3 Å². The number of piperidine rings is 1. The SMILES string of the molecule is c1cc(CN2CCOCC2)ncc1OCCCN1CCCCC1. The zero-order valence-corrected chi connectivity index (χ0v) is 14.1. The molecule has 2 fully saturated rings. The van der Waals surface area contributed by atoms with Gasteiger partial charge in [-0.3, -0.25) is 9.88 Å². The molecular weight excluding hydrogens is 290 g/mol. The van der Waals surface area contributed by atoms with Crippen LogP contribution in [0.2, 0.25) is 0 Å². The van der Waals surface area contributed by atoms with Crippen molar-refractivity contribution in [2.75, 3.05) is 52.5 Å². The predicted octanol–water partition coefficient (Wildman–Crippen LogP) is 2.17. The maximum atomic E-state index is 5.82. The highest BCUT2D eigenvalue weighted by Gasteiger charge is 2.11. The zero-order valence-electron chi connectivity index (χ0n) is 14.1. The Morgan fingerprint density at radius 1 is 1.00 bits per heavy atom. The van der Waals surface area contributed by atoms with Crippen molar-refractivity contribution in [3.8, 4) is 5.75 Å². The van der Waals surface area contributed by atoms with Gasteiger partial charge in [-0.1, -0.05) is 6.42 Å². The van der Waals surface area contributed by atoms with Crippen LogP contribution in [0.4, 0.5) is 0 Å². The van der Waals surface area contributed by atoms with E-state index in [9.17, 15) is 0 Å². The normalized spacial score (nSPS) is 20.5. The Hall–Kier alpha value is -1.17. The minimum Gasteiger partial charge on any atom is -0.492 e. The van der Waals surface area contributed by atoms with E-state index in [2.05, 4.69) is 20.9 Å². The van der Waals surface area contributed by atoms with E-state index < -0.39 is 0 Å². The third-order valence-electron chi connectivity index (χ3n) is 4.62. The van der Waals surface area contributed by atoms with Gasteiger partial charge in [-0.25, -0.2) is 0 Å². The molecule has 2 aliphatic rings. The summed E-state index contributed by atoms with van der Waals surface area (Å²) in [6.45, 7) is 9.01. The summed E-state index contributed by atoms with van der Waals surface area (Å²) in [5, 5.41) is 0. The molecule has 0 bridgehead atoms. The molecule has 0 unspecified atom stereocenters. The number of pyridine rings is 1. The van der Waals surface area contributed by atoms with E-state index in [-0.39, 0.29) is 0 Å². The van der Waals surface area contributed by atoms with E-state index in [1.54, 1.807) is 0 Å². The second kappa shape index (κ2) is 9.21. The molecule has 5 nitrogen and oxygen atoms in total. The molecule has 0 aromatic carbocycles. The lowest BCUT2D eigenvalue weighted by atomic mass is 10.1. The van der Waals surface area contributed by atoms with E-state index in [0.29, 0.717) is 0 Å². The molecule has 0 aliphatic carbocycles. The van der Waals surface area contributed by atoms with Crippen LogP contribution in [-0.4, -0.2) is 67.3 Å². The number of nitrogens with zero attached hydrogens (tertiary/aromatic N) is 3. The van der Waals surface area contributed by atoms with Crippen LogP contribution in [-0.2, 0) is 11.3 Å². The highest BCUT2D eigenvalue weighted by atomic mass is 16.5. The van der Waals surface area contributed by atoms with Crippen molar-refractivity contribution >= 4 is 0 Å². The summed E-state index contributed by atoms with van der Waals surface area (Å²) in [4.78, 5) is 9.46. The monoisotopic (exact) mass is 319 g/mol. The number of hydrogen-bond donors (Lipinski definition) is 0. The molecule has 5 heteroatoms. The molecule has 1 aromatic heterocycles. The van der Waals surface area contributed by atoms with Crippen molar-refractivity contribution in [2.24, 2.45) is 0 Å². The minimum atomic E-state index is 0.779. The third kappa shape index (κ3) is 5.75. The predicted molar refractivity (Wildman–Crippen MR) is 90.7 cm³/mol. The Morgan fingerprint density at radius 3 is 2.57 bits per heavy atom. The second-order valence-electron chi connectivity index (χ2n) is 6.48. The van der Waals surface area contributed by atoms with Gasteiger partial charge in [0.05, 0.1) is 31.7 Å². The summed E-state index contributed by atoms with van der Waals surface area (Å²) >= 11 is 0. The van der Waals surface area contributed by atoms with Gasteiger partial charge in [-0.15, -0.1) is 0 Å². The summed E-state index contributed by atoms with van der Waals surface area (Å²) in [5.41, 5.74) is 1.10. The lowest BCUT2D eigenvalue weighted by Crippen LogP contribution is -2.35. The zero-order chi connectivity index (χ0) is 15.7. The van der Waals surface area contributed by atoms with Crippen LogP contribution < -0.4 is 4.74 Å². The fourth-order valence-corrected chi connectivity index (χ4v) is 3.24. The summed E-state index contributed by atoms with van der Waals surface area (Å²) in [6, 6.07) is 4.12. The molecule has 2 saturated heterocycles. The molecule has 23 heavy (non-hydrogen) atoms. The molecule has 0 spiro atoms. The number of ether oxygens (including phenoxy) is 2. The quantitative estimate of drug-likeness (QED) is 0.720. The van der Waals surface area contributed by atoms with Gasteiger partial charge in [0, 0.05) is 26.2 Å². The van der Waals surface area contributed by atoms with Gasteiger partial charge in [-0.2, -0.15) is 0 Å². The first-order chi connectivity index (χ1) is 11.4. The van der Waals surface area contributed by atoms with E-state index in [4.69, 9.17) is 9.47 Å². The molecular formula is C18H29N3O2. The Morgan fingerprint density at radius 2 is 1.83 bits per heavy atom. The van der Waals surface area contributed by atoms with Crippen LogP contribution in [0.5, 0.6) is 5.75 Å². The van der Waals surface area contributed by atoms with Crippen molar-refractivity contribution in [1.82, 2.24) is 14.8 Å². The van der Waals surface area contributed by atoms with Gasteiger partial charge in [0.1, 0.15) is 5.75 Å². The molecule has 3 heterocycles. The van der Waals surface area contributed by atoms with Crippen LogP contribution in [0, 0.1) is 0 Å². The molecule has 0 amide bonds. The third-order valence-corrected chi connectivity index (χ3v) is 4.62. The average Bonchev–Trinajstić information content (AvgIpc) is 2.62. The Labute approximate surface area is 139 Å². The van der Waals surface area contributed by atoms with E-state index in [1.165, 1.54) is 32.4 Å². The maximum absolute atomic E-state index is 5.82. The van der Waals surface area contributed by atoms with Crippen molar-refractivity contribution in [1.29, 1.82) is 0 Å². The molecule has 0 radical (unpaired) electrons. The van der Waals surface area contributed by atoms with Gasteiger partial charge in [0.2, 0.25) is 0 Å². The number of morpholine rings is 1. The smallest absolute Gasteiger partial charge is 0.137 e. The van der Waals surface area contributed by atoms with E-state index in [0.717, 1.165) is 63.9 Å². The second-order valence-corrected chi connectivity index (χ2v) is 6.48. The van der Waals surface area contributed by atoms with Gasteiger partial charge in [0.25, 0.3) is 0 Å². The largest absolute Gasteiger partial charge is 0.492 e. The Kier molecular flexibility index (Phi) is 6.68. The topological polar surface area (TPSA) is 37.8 Å². The van der Waals surface area contributed by atoms with E-state index in [1.807, 2.05) is 12.3 Å². The van der Waals surface area contributed by atoms with Crippen molar-refractivity contribution in [2.45, 2.75) is 32.2 Å². The van der Waals surface area contributed by atoms with Gasteiger partial charge in [-0.05, 0) is 44.5 Å². The van der Waals surface area contributed by atoms with Crippen LogP contribution >= 0.6 is 0 Å². The van der Waals surface area contributed by atoms with Gasteiger partial charge in [0.15, 0.2) is 0 Å². The minimum absolute atomic E-state index is 0.779. The molecule has 2 aliphatic heterocycles. The first kappa shape index (κ1) is 16.7. The first-order valence-electron chi connectivity index (χ1n) is 9.00. The average molecular weight is 319 g/mol. The number of likely N-dealkylation sites (tertiary alicyclic amines) is 1. The van der Waals surface area contributed by atoms with Crippen molar-refractivity contribution in [3.63, 3.8) is 0 Å². The Bertz CT molecular complexity index is 440. The summed E-state index contributed by atoms with van der Waals surface area (Å²) in [6.07, 6.45) is 7.06. The van der Waals surface area contributed by atoms with Crippen LogP contribution in [0.1, 0.15) is 31.4 Å². The standard InChI is InChI=1S/C18H29N3O2/c1-2-7-20(8-3-1)9-4-12-23-18-6-5-17(19-15-18)16-21-10-13-22-14-11-21/h5-6,15H,1-4,7-14,16H2. The fraction of sp³-hybridized carbons (Fsp3) is 0.722. The fourth-order valence-electron chi connectivity index (χ4n) is 3.24. The maximum Gasteiger partial charge on any atom is 0.137 e. The highest BCUT2D eigenvalue weighted by Crippen LogP contribution is 2.13. The Balaban J connectivity index is 1.33. The van der Waals surface area contributed by atoms with Gasteiger partial charge >= 0.3 is 0 Å². The van der Waals surface area contributed by atoms with Crippen molar-refractivity contribution in [3.05, 3.63) is 24.0 Å². The van der Waals surface area contributed by atoms with Crippen LogP contribution in [0.3, 0.4) is 0 Å². The van der Waals surface area contributed by atoms with Crippen molar-refractivity contribution < 1.29 is 9.47 Å². The molecule has 1 aromatic rings. The molecule has 0 atom stereocenters. The highest BCUT2D eigenvalue weighted by molar-refractivity contribution is 5.19. The summed E-state index contributed by atoms with van der Waals surface area (Å²) in [5.74, 6) is 0.884. The number of aromatic nitrogens is 1. The molecule has 128 valence electrons. The lowest BCUT2D eigenvalue weighted by Gasteiger charge is -2.26. The molecule has 0 saturated carbocycles. The van der Waals surface area contributed by atoms with Gasteiger partial charge < -0.3 is 14.4 Å². The van der Waals surface area contributed by atoms with E-state index >= 15 is 0 Å². The number of hydrogen-bond acceptors (Lipinski definition) is 5. The molecule has 3 rings (SSSR count). The summed E-state index contributed by atoms with van der Waals surface area (Å²) in [7, 11) is 0.